The summed E-state index contributed by atoms with van der Waals surface area (Å²) in [7, 11) is 0. The molecule has 0 spiro atoms. The molecule has 0 aliphatic rings. The highest BCUT2D eigenvalue weighted by molar-refractivity contribution is 5.17. The fourth-order valence-electron chi connectivity index (χ4n) is 1.23. The van der Waals surface area contributed by atoms with Gasteiger partial charge in [-0.3, -0.25) is 0 Å². The van der Waals surface area contributed by atoms with Gasteiger partial charge in [0.2, 0.25) is 11.3 Å². The first-order valence-corrected chi connectivity index (χ1v) is 4.44. The van der Waals surface area contributed by atoms with Crippen molar-refractivity contribution in [3.63, 3.8) is 0 Å². The van der Waals surface area contributed by atoms with Gasteiger partial charge in [-0.25, -0.2) is 8.78 Å². The average Bonchev–Trinajstić information content (AvgIpc) is 2.15. The molecule has 7 heteroatoms. The molecule has 0 aromatic rings. The molecule has 17 heavy (non-hydrogen) atoms. The van der Waals surface area contributed by atoms with E-state index in [1.165, 1.54) is 0 Å². The van der Waals surface area contributed by atoms with Crippen LogP contribution in [0.1, 0.15) is 13.3 Å². The second kappa shape index (κ2) is 4.34. The predicted molar refractivity (Wildman–Crippen MR) is 49.4 cm³/mol. The molecule has 0 saturated carbocycles. The zero-order valence-corrected chi connectivity index (χ0v) is 8.92. The maximum absolute atomic E-state index is 13.9. The van der Waals surface area contributed by atoms with E-state index in [4.69, 9.17) is 0 Å². The van der Waals surface area contributed by atoms with Crippen molar-refractivity contribution < 1.29 is 30.7 Å². The summed E-state index contributed by atoms with van der Waals surface area (Å²) < 4.78 is 90.5. The maximum atomic E-state index is 13.9. The van der Waals surface area contributed by atoms with E-state index < -0.39 is 29.9 Å². The van der Waals surface area contributed by atoms with Crippen molar-refractivity contribution in [3.8, 4) is 0 Å². The summed E-state index contributed by atoms with van der Waals surface area (Å²) in [6.45, 7) is 5.10. The minimum Gasteiger partial charge on any atom is -0.232 e. The van der Waals surface area contributed by atoms with Gasteiger partial charge >= 0.3 is 12.1 Å². The lowest BCUT2D eigenvalue weighted by atomic mass is 9.79. The number of halogens is 7. The molecule has 0 saturated heterocycles. The summed E-state index contributed by atoms with van der Waals surface area (Å²) in [5.74, 6) is -4.68. The first-order chi connectivity index (χ1) is 7.37. The summed E-state index contributed by atoms with van der Waals surface area (Å²) in [6.07, 6.45) is -7.17. The Labute approximate surface area is 93.8 Å². The SMILES string of the molecule is C=CCC(F)(C(F)(F)C=C)C(C)(F)C(F)(F)F. The molecule has 0 aromatic heterocycles. The van der Waals surface area contributed by atoms with Crippen LogP contribution < -0.4 is 0 Å². The molecule has 0 amide bonds. The normalized spacial score (nSPS) is 20.2. The van der Waals surface area contributed by atoms with Gasteiger partial charge in [-0.2, -0.15) is 22.0 Å². The van der Waals surface area contributed by atoms with Gasteiger partial charge in [-0.05, 0) is 13.0 Å². The van der Waals surface area contributed by atoms with Crippen LogP contribution in [0.4, 0.5) is 30.7 Å². The highest BCUT2D eigenvalue weighted by Crippen LogP contribution is 2.53. The number of rotatable bonds is 5. The number of alkyl halides is 7. The van der Waals surface area contributed by atoms with Crippen molar-refractivity contribution in [2.24, 2.45) is 0 Å². The summed E-state index contributed by atoms with van der Waals surface area (Å²) in [4.78, 5) is 0. The van der Waals surface area contributed by atoms with Gasteiger partial charge in [0.15, 0.2) is 0 Å². The molecule has 0 aliphatic carbocycles. The maximum Gasteiger partial charge on any atom is 0.425 e. The first-order valence-electron chi connectivity index (χ1n) is 4.44. The highest BCUT2D eigenvalue weighted by Gasteiger charge is 2.74. The van der Waals surface area contributed by atoms with E-state index in [-0.39, 0.29) is 13.0 Å². The monoisotopic (exact) mass is 264 g/mol. The Morgan fingerprint density at radius 3 is 1.59 bits per heavy atom. The Kier molecular flexibility index (Phi) is 4.09. The van der Waals surface area contributed by atoms with E-state index in [2.05, 4.69) is 13.2 Å². The van der Waals surface area contributed by atoms with Crippen molar-refractivity contribution in [1.82, 2.24) is 0 Å². The molecule has 0 rings (SSSR count). The van der Waals surface area contributed by atoms with E-state index in [0.29, 0.717) is 6.08 Å². The van der Waals surface area contributed by atoms with Crippen LogP contribution in [0, 0.1) is 0 Å². The van der Waals surface area contributed by atoms with Crippen LogP contribution in [0.15, 0.2) is 25.3 Å². The summed E-state index contributed by atoms with van der Waals surface area (Å²) >= 11 is 0. The third kappa shape index (κ3) is 2.32. The predicted octanol–water partition coefficient (Wildman–Crippen LogP) is 4.38. The average molecular weight is 264 g/mol. The lowest BCUT2D eigenvalue weighted by Gasteiger charge is -2.40. The lowest BCUT2D eigenvalue weighted by Crippen LogP contribution is -2.63. The smallest absolute Gasteiger partial charge is 0.232 e. The van der Waals surface area contributed by atoms with E-state index in [1.807, 2.05) is 0 Å². The van der Waals surface area contributed by atoms with Crippen molar-refractivity contribution in [2.45, 2.75) is 36.8 Å². The molecule has 0 fully saturated rings. The van der Waals surface area contributed by atoms with Crippen LogP contribution in [0.25, 0.3) is 0 Å². The van der Waals surface area contributed by atoms with Crippen LogP contribution in [-0.4, -0.2) is 23.4 Å². The van der Waals surface area contributed by atoms with Crippen molar-refractivity contribution in [2.75, 3.05) is 0 Å². The molecule has 2 unspecified atom stereocenters. The van der Waals surface area contributed by atoms with Crippen molar-refractivity contribution in [3.05, 3.63) is 25.3 Å². The molecular weight excluding hydrogens is 253 g/mol. The Morgan fingerprint density at radius 1 is 0.941 bits per heavy atom. The highest BCUT2D eigenvalue weighted by atomic mass is 19.4. The molecule has 0 aromatic carbocycles. The topological polar surface area (TPSA) is 0 Å². The van der Waals surface area contributed by atoms with Gasteiger partial charge < -0.3 is 0 Å². The van der Waals surface area contributed by atoms with Crippen molar-refractivity contribution in [1.29, 1.82) is 0 Å². The third-order valence-corrected chi connectivity index (χ3v) is 2.49. The summed E-state index contributed by atoms with van der Waals surface area (Å²) in [5.41, 5.74) is -9.21. The molecule has 2 atom stereocenters. The first kappa shape index (κ1) is 16.0. The van der Waals surface area contributed by atoms with Crippen molar-refractivity contribution >= 4 is 0 Å². The fourth-order valence-corrected chi connectivity index (χ4v) is 1.23. The Balaban J connectivity index is 5.82. The molecule has 100 valence electrons. The van der Waals surface area contributed by atoms with Gasteiger partial charge in [-0.1, -0.05) is 12.7 Å². The molecule has 0 heterocycles. The van der Waals surface area contributed by atoms with E-state index >= 15 is 0 Å². The van der Waals surface area contributed by atoms with E-state index in [0.717, 1.165) is 0 Å². The van der Waals surface area contributed by atoms with Gasteiger partial charge in [0.1, 0.15) is 0 Å². The second-order valence-electron chi connectivity index (χ2n) is 3.62. The Bertz CT molecular complexity index is 302. The number of hydrogen-bond donors (Lipinski definition) is 0. The summed E-state index contributed by atoms with van der Waals surface area (Å²) in [6, 6.07) is 0. The quantitative estimate of drug-likeness (QED) is 0.510. The zero-order valence-electron chi connectivity index (χ0n) is 8.92. The minimum atomic E-state index is -5.78. The zero-order chi connectivity index (χ0) is 14.1. The Morgan fingerprint density at radius 2 is 1.35 bits per heavy atom. The molecular formula is C10H11F7. The molecule has 0 aliphatic heterocycles. The molecule has 0 bridgehead atoms. The number of hydrogen-bond acceptors (Lipinski definition) is 0. The third-order valence-electron chi connectivity index (χ3n) is 2.49. The van der Waals surface area contributed by atoms with Crippen LogP contribution in [0.5, 0.6) is 0 Å². The fraction of sp³-hybridized carbons (Fsp3) is 0.600. The van der Waals surface area contributed by atoms with Gasteiger partial charge in [-0.15, -0.1) is 6.58 Å². The van der Waals surface area contributed by atoms with Gasteiger partial charge in [0.05, 0.1) is 0 Å². The standard InChI is InChI=1S/C10H11F7/c1-4-6-8(12,9(13,14)5-2)7(3,11)10(15,16)17/h4-5H,1-2,6H2,3H3. The van der Waals surface area contributed by atoms with E-state index in [9.17, 15) is 30.7 Å². The largest absolute Gasteiger partial charge is 0.425 e. The van der Waals surface area contributed by atoms with Crippen LogP contribution in [0.2, 0.25) is 0 Å². The Hall–Kier alpha value is -1.01. The van der Waals surface area contributed by atoms with Gasteiger partial charge in [0, 0.05) is 6.42 Å². The van der Waals surface area contributed by atoms with Crippen LogP contribution in [-0.2, 0) is 0 Å². The summed E-state index contributed by atoms with van der Waals surface area (Å²) in [5, 5.41) is 0. The van der Waals surface area contributed by atoms with Crippen LogP contribution in [0.3, 0.4) is 0 Å². The van der Waals surface area contributed by atoms with Gasteiger partial charge in [0.25, 0.3) is 0 Å². The molecule has 0 N–H and O–H groups in total. The molecule has 0 nitrogen and oxygen atoms in total. The second-order valence-corrected chi connectivity index (χ2v) is 3.62. The van der Waals surface area contributed by atoms with E-state index in [1.54, 1.807) is 0 Å². The molecule has 0 radical (unpaired) electrons. The van der Waals surface area contributed by atoms with Crippen LogP contribution >= 0.6 is 0 Å². The minimum absolute atomic E-state index is 0.270. The number of allylic oxidation sites excluding steroid dienone is 2. The lowest BCUT2D eigenvalue weighted by molar-refractivity contribution is -0.298.